The number of furan rings is 1. The van der Waals surface area contributed by atoms with Gasteiger partial charge in [0.1, 0.15) is 29.5 Å². The second kappa shape index (κ2) is 16.2. The van der Waals surface area contributed by atoms with Gasteiger partial charge in [0, 0.05) is 30.7 Å². The molecule has 2 unspecified atom stereocenters. The Hall–Kier alpha value is -5.30. The van der Waals surface area contributed by atoms with Crippen molar-refractivity contribution in [2.45, 2.75) is 128 Å². The van der Waals surface area contributed by atoms with Crippen LogP contribution in [0.4, 0.5) is 9.59 Å². The number of nitrogens with one attached hydrogen (secondary N) is 1. The number of ketones is 1. The van der Waals surface area contributed by atoms with Gasteiger partial charge in [0.15, 0.2) is 23.6 Å². The number of amides is 1. The molecule has 2 bridgehead atoms. The summed E-state index contributed by atoms with van der Waals surface area (Å²) in [5.41, 5.74) is -8.86. The highest BCUT2D eigenvalue weighted by molar-refractivity contribution is 5.95. The first-order chi connectivity index (χ1) is 28.4. The molecule has 1 saturated heterocycles. The zero-order chi connectivity index (χ0) is 45.0. The molecule has 1 aliphatic heterocycles. The Balaban J connectivity index is 1.54. The minimum atomic E-state index is -2.45. The Labute approximate surface area is 351 Å². The highest BCUT2D eigenvalue weighted by atomic mass is 16.7. The van der Waals surface area contributed by atoms with E-state index in [0.717, 1.165) is 14.0 Å². The van der Waals surface area contributed by atoms with Crippen molar-refractivity contribution in [3.8, 4) is 0 Å². The molecule has 332 valence electrons. The van der Waals surface area contributed by atoms with Crippen molar-refractivity contribution in [3.05, 3.63) is 71.2 Å². The predicted octanol–water partition coefficient (Wildman–Crippen LogP) is 3.64. The van der Waals surface area contributed by atoms with E-state index >= 15 is 4.79 Å². The van der Waals surface area contributed by atoms with Gasteiger partial charge in [0.2, 0.25) is 0 Å². The third-order valence-electron chi connectivity index (χ3n) is 12.7. The van der Waals surface area contributed by atoms with Crippen LogP contribution in [0.25, 0.3) is 0 Å². The molecule has 18 nitrogen and oxygen atoms in total. The summed E-state index contributed by atoms with van der Waals surface area (Å²) in [4.78, 5) is 82.8. The Morgan fingerprint density at radius 2 is 1.67 bits per heavy atom. The quantitative estimate of drug-likeness (QED) is 0.160. The number of Topliss-reactive ketones (excluding diaryl/α,β-unsaturated/α-hetero) is 1. The molecule has 3 fully saturated rings. The Bertz CT molecular complexity index is 2070. The van der Waals surface area contributed by atoms with Crippen molar-refractivity contribution < 1.29 is 81.7 Å². The number of ether oxygens (including phenoxy) is 7. The maximum absolute atomic E-state index is 15.5. The summed E-state index contributed by atoms with van der Waals surface area (Å²) in [5, 5.41) is 39.7. The number of alkyl carbamates (subject to hydrolysis) is 1. The lowest BCUT2D eigenvalue weighted by Gasteiger charge is -2.67. The van der Waals surface area contributed by atoms with Crippen LogP contribution in [-0.2, 0) is 47.5 Å². The largest absolute Gasteiger partial charge is 0.509 e. The third kappa shape index (κ3) is 7.78. The Kier molecular flexibility index (Phi) is 12.0. The zero-order valence-corrected chi connectivity index (χ0v) is 35.4. The number of esters is 3. The number of benzene rings is 1. The fourth-order valence-electron chi connectivity index (χ4n) is 9.57. The maximum Gasteiger partial charge on any atom is 0.509 e. The molecule has 0 spiro atoms. The predicted molar refractivity (Wildman–Crippen MR) is 207 cm³/mol. The molecule has 61 heavy (non-hydrogen) atoms. The molecular weight excluding hydrogens is 802 g/mol. The van der Waals surface area contributed by atoms with Crippen LogP contribution in [0.5, 0.6) is 0 Å². The van der Waals surface area contributed by atoms with Crippen molar-refractivity contribution in [2.75, 3.05) is 13.7 Å². The Morgan fingerprint density at radius 3 is 2.23 bits per heavy atom. The monoisotopic (exact) mass is 855 g/mol. The van der Waals surface area contributed by atoms with Crippen molar-refractivity contribution >= 4 is 35.9 Å². The van der Waals surface area contributed by atoms with Gasteiger partial charge in [-0.05, 0) is 64.0 Å². The van der Waals surface area contributed by atoms with Crippen LogP contribution in [0.2, 0.25) is 0 Å². The van der Waals surface area contributed by atoms with Crippen LogP contribution in [0, 0.1) is 16.7 Å². The number of hydrogen-bond acceptors (Lipinski definition) is 17. The van der Waals surface area contributed by atoms with Gasteiger partial charge < -0.3 is 58.2 Å². The number of carbonyl (C=O) groups excluding carboxylic acids is 6. The summed E-state index contributed by atoms with van der Waals surface area (Å²) in [5.74, 6) is -5.63. The van der Waals surface area contributed by atoms with Crippen LogP contribution in [-0.4, -0.2) is 118 Å². The average molecular weight is 856 g/mol. The molecule has 2 saturated carbocycles. The second-order valence-corrected chi connectivity index (χ2v) is 17.8. The van der Waals surface area contributed by atoms with Crippen molar-refractivity contribution in [1.29, 1.82) is 0 Å². The molecule has 1 amide bonds. The molecule has 2 aromatic rings. The number of hydrogen-bond donors (Lipinski definition) is 4. The fraction of sp³-hybridized carbons (Fsp3) is 0.581. The normalized spacial score (nSPS) is 32.5. The molecule has 1 aromatic carbocycles. The first kappa shape index (κ1) is 45.2. The van der Waals surface area contributed by atoms with E-state index in [-0.39, 0.29) is 35.3 Å². The van der Waals surface area contributed by atoms with Crippen molar-refractivity contribution in [2.24, 2.45) is 16.7 Å². The molecule has 4 aliphatic rings. The standard InChI is InChI=1S/C43H53NO17/c1-21-25(57-36(50)30(47)29(24-15-16-55-19-24)44-37(51)61-39(3,4)5)18-43(53)34(59-35(49)23-13-11-10-12-14-23)32-41(8,26(46)17-27-42(32,20-56-27)60-22(2)45)33(48)31(58-38(52)54-9)28(21)40(43,6)7/h10-16,19,25-27,29-32,34,46-47,53H,17-18,20H2,1-9H3,(H,44,51)/t25-,26-,27+,29-,30+,31+,32?,34?,41+,42-,43+/m0/s1. The van der Waals surface area contributed by atoms with E-state index < -0.39 is 119 Å². The highest BCUT2D eigenvalue weighted by Crippen LogP contribution is 2.64. The second-order valence-electron chi connectivity index (χ2n) is 17.8. The van der Waals surface area contributed by atoms with E-state index in [0.29, 0.717) is 0 Å². The summed E-state index contributed by atoms with van der Waals surface area (Å²) >= 11 is 0. The highest BCUT2D eigenvalue weighted by Gasteiger charge is 2.78. The third-order valence-corrected chi connectivity index (χ3v) is 12.7. The first-order valence-corrected chi connectivity index (χ1v) is 19.8. The molecule has 3 aliphatic carbocycles. The van der Waals surface area contributed by atoms with E-state index in [9.17, 15) is 39.3 Å². The van der Waals surface area contributed by atoms with Gasteiger partial charge in [-0.15, -0.1) is 0 Å². The average Bonchev–Trinajstić information content (AvgIpc) is 3.72. The summed E-state index contributed by atoms with van der Waals surface area (Å²) in [6.45, 7) is 11.5. The lowest BCUT2D eigenvalue weighted by molar-refractivity contribution is -0.346. The number of methoxy groups -OCH3 is 1. The van der Waals surface area contributed by atoms with Gasteiger partial charge in [-0.3, -0.25) is 9.59 Å². The van der Waals surface area contributed by atoms with Crippen LogP contribution in [0.15, 0.2) is 64.5 Å². The SMILES string of the molecule is COC(=O)O[C@H]1C(=O)[C@@]2(C)C(C(OC(=O)c3ccccc3)[C@]3(O)C[C@H](OC(=O)[C@H](O)[C@@H](NC(=O)OC(C)(C)C)c4ccoc4)C(C)=C1C3(C)C)[C@]1(OC(C)=O)CO[C@@H]1C[C@@H]2O. The van der Waals surface area contributed by atoms with Gasteiger partial charge in [0.25, 0.3) is 0 Å². The van der Waals surface area contributed by atoms with Gasteiger partial charge in [0.05, 0.1) is 55.3 Å². The smallest absolute Gasteiger partial charge is 0.472 e. The van der Waals surface area contributed by atoms with Crippen LogP contribution >= 0.6 is 0 Å². The summed E-state index contributed by atoms with van der Waals surface area (Å²) < 4.78 is 45.3. The van der Waals surface area contributed by atoms with Crippen molar-refractivity contribution in [1.82, 2.24) is 5.32 Å². The molecule has 6 rings (SSSR count). The van der Waals surface area contributed by atoms with Crippen LogP contribution < -0.4 is 5.32 Å². The summed E-state index contributed by atoms with van der Waals surface area (Å²) in [6.07, 6.45) is -10.9. The van der Waals surface area contributed by atoms with Gasteiger partial charge in [-0.1, -0.05) is 32.0 Å². The maximum atomic E-state index is 15.5. The van der Waals surface area contributed by atoms with Crippen LogP contribution in [0.3, 0.4) is 0 Å². The number of rotatable bonds is 9. The molecule has 0 radical (unpaired) electrons. The van der Waals surface area contributed by atoms with Crippen LogP contribution in [0.1, 0.15) is 90.2 Å². The zero-order valence-electron chi connectivity index (χ0n) is 35.4. The van der Waals surface area contributed by atoms with Crippen molar-refractivity contribution in [3.63, 3.8) is 0 Å². The molecule has 2 heterocycles. The van der Waals surface area contributed by atoms with E-state index in [1.54, 1.807) is 39.0 Å². The van der Waals surface area contributed by atoms with Gasteiger partial charge in [-0.2, -0.15) is 0 Å². The lowest BCUT2D eigenvalue weighted by Crippen LogP contribution is -2.82. The van der Waals surface area contributed by atoms with Gasteiger partial charge in [-0.25, -0.2) is 19.2 Å². The number of aliphatic hydroxyl groups is 3. The number of carbonyl (C=O) groups is 6. The first-order valence-electron chi connectivity index (χ1n) is 19.8. The van der Waals surface area contributed by atoms with E-state index in [1.807, 2.05) is 0 Å². The number of aliphatic hydroxyl groups excluding tert-OH is 2. The van der Waals surface area contributed by atoms with E-state index in [2.05, 4.69) is 5.32 Å². The van der Waals surface area contributed by atoms with Gasteiger partial charge >= 0.3 is 30.2 Å². The molecule has 11 atom stereocenters. The lowest BCUT2D eigenvalue weighted by atomic mass is 9.44. The summed E-state index contributed by atoms with van der Waals surface area (Å²) in [6, 6.07) is 7.66. The summed E-state index contributed by atoms with van der Waals surface area (Å²) in [7, 11) is 1.01. The molecule has 1 aromatic heterocycles. The number of fused-ring (bicyclic) bond motifs is 5. The van der Waals surface area contributed by atoms with E-state index in [1.165, 1.54) is 58.4 Å². The molecule has 18 heteroatoms. The minimum Gasteiger partial charge on any atom is -0.472 e. The topological polar surface area (TPSA) is 253 Å². The molecule has 4 N–H and O–H groups in total. The molecular formula is C43H53NO17. The minimum absolute atomic E-state index is 0.0434. The van der Waals surface area contributed by atoms with E-state index in [4.69, 9.17) is 37.6 Å². The fourth-order valence-corrected chi connectivity index (χ4v) is 9.57. The Morgan fingerprint density at radius 1 is 1.00 bits per heavy atom.